The first kappa shape index (κ1) is 33.0. The van der Waals surface area contributed by atoms with Crippen LogP contribution in [0.3, 0.4) is 0 Å². The average molecular weight is 775 g/mol. The van der Waals surface area contributed by atoms with Gasteiger partial charge >= 0.3 is 0 Å². The summed E-state index contributed by atoms with van der Waals surface area (Å²) in [5.41, 5.74) is 10.8. The number of rotatable bonds is 6. The Balaban J connectivity index is 0.000000157. The number of nitrogens with zero attached hydrogens (tertiary/aromatic N) is 4. The minimum Gasteiger partial charge on any atom is -0.228 e. The zero-order valence-corrected chi connectivity index (χ0v) is 30.0. The second-order valence-corrected chi connectivity index (χ2v) is 13.0. The van der Waals surface area contributed by atoms with Crippen molar-refractivity contribution in [3.05, 3.63) is 191 Å². The van der Waals surface area contributed by atoms with Crippen LogP contribution in [0.1, 0.15) is 0 Å². The van der Waals surface area contributed by atoms with Crippen LogP contribution in [0.2, 0.25) is 0 Å². The highest BCUT2D eigenvalue weighted by atomic mass is 79.9. The summed E-state index contributed by atoms with van der Waals surface area (Å²) >= 11 is 7.02. The Labute approximate surface area is 308 Å². The van der Waals surface area contributed by atoms with Crippen LogP contribution in [-0.2, 0) is 0 Å². The van der Waals surface area contributed by atoms with Crippen LogP contribution in [-0.4, -0.2) is 19.9 Å². The van der Waals surface area contributed by atoms with Crippen molar-refractivity contribution in [2.75, 3.05) is 0 Å². The lowest BCUT2D eigenvalue weighted by Crippen LogP contribution is -1.93. The molecule has 0 atom stereocenters. The van der Waals surface area contributed by atoms with Gasteiger partial charge in [0.15, 0.2) is 11.6 Å². The molecule has 0 radical (unpaired) electrons. The molecule has 0 saturated heterocycles. The molecule has 0 aliphatic rings. The van der Waals surface area contributed by atoms with Crippen molar-refractivity contribution in [2.24, 2.45) is 0 Å². The molecule has 240 valence electrons. The molecule has 0 amide bonds. The zero-order chi connectivity index (χ0) is 34.1. The van der Waals surface area contributed by atoms with Gasteiger partial charge in [0.25, 0.3) is 0 Å². The maximum atomic E-state index is 4.74. The summed E-state index contributed by atoms with van der Waals surface area (Å²) in [6.45, 7) is 0. The standard InChI is InChI=1S/2C22H15BrN2/c2*23-21-15-20(24-22(25-21)19-9-5-2-6-10-19)18-13-11-17(12-14-18)16-7-3-1-4-8-16/h2*1-15H. The van der Waals surface area contributed by atoms with E-state index < -0.39 is 0 Å². The molecule has 6 aromatic carbocycles. The third-order valence-corrected chi connectivity index (χ3v) is 8.84. The van der Waals surface area contributed by atoms with E-state index in [2.05, 4.69) is 139 Å². The zero-order valence-electron chi connectivity index (χ0n) is 26.9. The van der Waals surface area contributed by atoms with Crippen molar-refractivity contribution in [2.45, 2.75) is 0 Å². The van der Waals surface area contributed by atoms with Crippen molar-refractivity contribution in [3.63, 3.8) is 0 Å². The van der Waals surface area contributed by atoms with Crippen LogP contribution in [0.4, 0.5) is 0 Å². The Morgan fingerprint density at radius 2 is 0.520 bits per heavy atom. The van der Waals surface area contributed by atoms with Gasteiger partial charge in [0.2, 0.25) is 0 Å². The summed E-state index contributed by atoms with van der Waals surface area (Å²) in [5, 5.41) is 0. The molecule has 0 spiro atoms. The normalized spacial score (nSPS) is 10.6. The molecule has 0 fully saturated rings. The summed E-state index contributed by atoms with van der Waals surface area (Å²) in [4.78, 5) is 18.5. The van der Waals surface area contributed by atoms with E-state index in [1.165, 1.54) is 22.3 Å². The topological polar surface area (TPSA) is 51.6 Å². The fourth-order valence-corrected chi connectivity index (χ4v) is 6.26. The Kier molecular flexibility index (Phi) is 10.4. The summed E-state index contributed by atoms with van der Waals surface area (Å²) in [6.07, 6.45) is 0. The first-order valence-electron chi connectivity index (χ1n) is 16.1. The Morgan fingerprint density at radius 3 is 0.840 bits per heavy atom. The predicted octanol–water partition coefficient (Wildman–Crippen LogP) is 12.5. The number of benzene rings is 6. The molecule has 8 aromatic rings. The van der Waals surface area contributed by atoms with E-state index in [1.807, 2.05) is 84.9 Å². The lowest BCUT2D eigenvalue weighted by Gasteiger charge is -2.07. The highest BCUT2D eigenvalue weighted by Gasteiger charge is 2.09. The van der Waals surface area contributed by atoms with Crippen molar-refractivity contribution in [1.82, 2.24) is 19.9 Å². The van der Waals surface area contributed by atoms with E-state index in [4.69, 9.17) is 9.97 Å². The molecule has 0 saturated carbocycles. The van der Waals surface area contributed by atoms with Crippen molar-refractivity contribution >= 4 is 31.9 Å². The highest BCUT2D eigenvalue weighted by Crippen LogP contribution is 2.29. The van der Waals surface area contributed by atoms with Crippen LogP contribution in [0, 0.1) is 0 Å². The fraction of sp³-hybridized carbons (Fsp3) is 0. The first-order valence-corrected chi connectivity index (χ1v) is 17.7. The SMILES string of the molecule is Brc1cc(-c2ccc(-c3ccccc3)cc2)nc(-c2ccccc2)n1.Brc1cc(-c2ccc(-c3ccccc3)cc2)nc(-c2ccccc2)n1. The molecular weight excluding hydrogens is 744 g/mol. The van der Waals surface area contributed by atoms with Crippen LogP contribution < -0.4 is 0 Å². The van der Waals surface area contributed by atoms with E-state index in [-0.39, 0.29) is 0 Å². The van der Waals surface area contributed by atoms with Gasteiger partial charge in [0, 0.05) is 22.3 Å². The van der Waals surface area contributed by atoms with Crippen molar-refractivity contribution in [1.29, 1.82) is 0 Å². The molecule has 0 bridgehead atoms. The minimum atomic E-state index is 0.720. The van der Waals surface area contributed by atoms with E-state index >= 15 is 0 Å². The average Bonchev–Trinajstić information content (AvgIpc) is 3.19. The van der Waals surface area contributed by atoms with Gasteiger partial charge in [-0.2, -0.15) is 0 Å². The third kappa shape index (κ3) is 8.17. The minimum absolute atomic E-state index is 0.720. The lowest BCUT2D eigenvalue weighted by atomic mass is 10.0. The molecule has 8 rings (SSSR count). The van der Waals surface area contributed by atoms with Gasteiger partial charge in [-0.05, 0) is 66.2 Å². The lowest BCUT2D eigenvalue weighted by molar-refractivity contribution is 1.15. The Bertz CT molecular complexity index is 2130. The second-order valence-electron chi connectivity index (χ2n) is 11.4. The molecule has 6 heteroatoms. The van der Waals surface area contributed by atoms with E-state index in [0.29, 0.717) is 0 Å². The third-order valence-electron chi connectivity index (χ3n) is 8.03. The summed E-state index contributed by atoms with van der Waals surface area (Å²) in [5.74, 6) is 1.44. The Morgan fingerprint density at radius 1 is 0.260 bits per heavy atom. The number of aromatic nitrogens is 4. The first-order chi connectivity index (χ1) is 24.6. The van der Waals surface area contributed by atoms with Gasteiger partial charge in [-0.1, -0.05) is 170 Å². The summed E-state index contributed by atoms with van der Waals surface area (Å²) < 4.78 is 1.56. The van der Waals surface area contributed by atoms with Gasteiger partial charge in [0.05, 0.1) is 11.4 Å². The van der Waals surface area contributed by atoms with Gasteiger partial charge in [0.1, 0.15) is 9.21 Å². The van der Waals surface area contributed by atoms with Gasteiger partial charge < -0.3 is 0 Å². The predicted molar refractivity (Wildman–Crippen MR) is 212 cm³/mol. The van der Waals surface area contributed by atoms with Crippen LogP contribution in [0.5, 0.6) is 0 Å². The largest absolute Gasteiger partial charge is 0.228 e. The molecule has 2 heterocycles. The molecule has 2 aromatic heterocycles. The molecule has 0 aliphatic carbocycles. The highest BCUT2D eigenvalue weighted by molar-refractivity contribution is 9.10. The quantitative estimate of drug-likeness (QED) is 0.158. The van der Waals surface area contributed by atoms with Crippen molar-refractivity contribution in [3.8, 4) is 67.5 Å². The molecule has 0 N–H and O–H groups in total. The van der Waals surface area contributed by atoms with E-state index in [9.17, 15) is 0 Å². The van der Waals surface area contributed by atoms with Crippen LogP contribution in [0.25, 0.3) is 67.5 Å². The van der Waals surface area contributed by atoms with E-state index in [0.717, 1.165) is 54.5 Å². The molecule has 0 aliphatic heterocycles. The van der Waals surface area contributed by atoms with Crippen molar-refractivity contribution < 1.29 is 0 Å². The van der Waals surface area contributed by atoms with Crippen LogP contribution >= 0.6 is 31.9 Å². The van der Waals surface area contributed by atoms with Gasteiger partial charge in [-0.3, -0.25) is 0 Å². The summed E-state index contributed by atoms with van der Waals surface area (Å²) in [6, 6.07) is 61.6. The smallest absolute Gasteiger partial charge is 0.161 e. The van der Waals surface area contributed by atoms with Gasteiger partial charge in [-0.15, -0.1) is 0 Å². The molecule has 4 nitrogen and oxygen atoms in total. The van der Waals surface area contributed by atoms with Gasteiger partial charge in [-0.25, -0.2) is 19.9 Å². The fourth-order valence-electron chi connectivity index (χ4n) is 5.49. The number of hydrogen-bond donors (Lipinski definition) is 0. The molecule has 50 heavy (non-hydrogen) atoms. The Hall–Kier alpha value is -5.56. The monoisotopic (exact) mass is 772 g/mol. The maximum Gasteiger partial charge on any atom is 0.161 e. The second kappa shape index (κ2) is 15.8. The molecule has 0 unspecified atom stereocenters. The van der Waals surface area contributed by atoms with Crippen LogP contribution in [0.15, 0.2) is 191 Å². The van der Waals surface area contributed by atoms with E-state index in [1.54, 1.807) is 0 Å². The number of hydrogen-bond acceptors (Lipinski definition) is 4. The summed E-state index contributed by atoms with van der Waals surface area (Å²) in [7, 11) is 0. The maximum absolute atomic E-state index is 4.74. The number of halogens is 2. The molecular formula is C44H30Br2N4.